The Kier molecular flexibility index (Phi) is 4.64. The van der Waals surface area contributed by atoms with Crippen LogP contribution in [0.25, 0.3) is 0 Å². The van der Waals surface area contributed by atoms with Crippen molar-refractivity contribution in [3.8, 4) is 0 Å². The molecular weight excluding hydrogens is 250 g/mol. The van der Waals surface area contributed by atoms with Crippen molar-refractivity contribution in [2.75, 3.05) is 45.0 Å². The van der Waals surface area contributed by atoms with Gasteiger partial charge in [0.05, 0.1) is 5.75 Å². The topological polar surface area (TPSA) is 52.7 Å². The predicted molar refractivity (Wildman–Crippen MR) is 73.0 cm³/mol. The highest BCUT2D eigenvalue weighted by Gasteiger charge is 2.34. The first-order chi connectivity index (χ1) is 8.49. The fraction of sp³-hybridized carbons (Fsp3) is 1.00. The molecule has 2 unspecified atom stereocenters. The molecule has 0 aromatic heterocycles. The van der Waals surface area contributed by atoms with Crippen LogP contribution >= 0.6 is 0 Å². The molecule has 0 bridgehead atoms. The Morgan fingerprint density at radius 2 is 1.89 bits per heavy atom. The summed E-state index contributed by atoms with van der Waals surface area (Å²) in [5.41, 5.74) is 0. The number of nitrogens with zero attached hydrogens (tertiary/aromatic N) is 2. The molecule has 0 aromatic rings. The Balaban J connectivity index is 1.87. The SMILES string of the molecule is CC1CC(C)N(S(=O)(=O)CCN2CCNCC2)C1. The summed E-state index contributed by atoms with van der Waals surface area (Å²) in [6.07, 6.45) is 0.993. The molecule has 2 rings (SSSR count). The van der Waals surface area contributed by atoms with Gasteiger partial charge in [0.15, 0.2) is 0 Å². The van der Waals surface area contributed by atoms with Gasteiger partial charge >= 0.3 is 0 Å². The van der Waals surface area contributed by atoms with E-state index in [1.165, 1.54) is 0 Å². The van der Waals surface area contributed by atoms with E-state index in [1.807, 2.05) is 6.92 Å². The van der Waals surface area contributed by atoms with E-state index in [9.17, 15) is 8.42 Å². The maximum Gasteiger partial charge on any atom is 0.215 e. The van der Waals surface area contributed by atoms with E-state index in [1.54, 1.807) is 4.31 Å². The third-order valence-electron chi connectivity index (χ3n) is 3.96. The van der Waals surface area contributed by atoms with Crippen LogP contribution in [0.15, 0.2) is 0 Å². The van der Waals surface area contributed by atoms with Crippen LogP contribution in [0.3, 0.4) is 0 Å². The van der Waals surface area contributed by atoms with E-state index in [-0.39, 0.29) is 11.8 Å². The Bertz CT molecular complexity index is 366. The highest BCUT2D eigenvalue weighted by atomic mass is 32.2. The van der Waals surface area contributed by atoms with Crippen LogP contribution in [0, 0.1) is 5.92 Å². The van der Waals surface area contributed by atoms with E-state index in [2.05, 4.69) is 17.1 Å². The molecule has 2 heterocycles. The van der Waals surface area contributed by atoms with E-state index in [0.717, 1.165) is 32.6 Å². The van der Waals surface area contributed by atoms with Crippen LogP contribution in [0.4, 0.5) is 0 Å². The summed E-state index contributed by atoms with van der Waals surface area (Å²) >= 11 is 0. The van der Waals surface area contributed by atoms with Gasteiger partial charge in [-0.15, -0.1) is 0 Å². The van der Waals surface area contributed by atoms with Gasteiger partial charge in [0.25, 0.3) is 0 Å². The highest BCUT2D eigenvalue weighted by molar-refractivity contribution is 7.89. The second-order valence-corrected chi connectivity index (χ2v) is 7.71. The molecule has 0 spiro atoms. The van der Waals surface area contributed by atoms with Crippen molar-refractivity contribution >= 4 is 10.0 Å². The zero-order valence-corrected chi connectivity index (χ0v) is 12.2. The van der Waals surface area contributed by atoms with Crippen molar-refractivity contribution in [2.24, 2.45) is 5.92 Å². The summed E-state index contributed by atoms with van der Waals surface area (Å²) in [6, 6.07) is 0.174. The maximum absolute atomic E-state index is 12.3. The van der Waals surface area contributed by atoms with Gasteiger partial charge < -0.3 is 5.32 Å². The Hall–Kier alpha value is -0.170. The third-order valence-corrected chi connectivity index (χ3v) is 5.88. The highest BCUT2D eigenvalue weighted by Crippen LogP contribution is 2.25. The molecule has 6 heteroatoms. The van der Waals surface area contributed by atoms with Gasteiger partial charge in [-0.1, -0.05) is 6.92 Å². The fourth-order valence-electron chi connectivity index (χ4n) is 2.95. The average Bonchev–Trinajstić information content (AvgIpc) is 2.68. The normalized spacial score (nSPS) is 31.9. The van der Waals surface area contributed by atoms with Crippen molar-refractivity contribution in [1.29, 1.82) is 0 Å². The Morgan fingerprint density at radius 3 is 2.44 bits per heavy atom. The van der Waals surface area contributed by atoms with Gasteiger partial charge in [-0.05, 0) is 19.3 Å². The van der Waals surface area contributed by atoms with Crippen LogP contribution in [0.1, 0.15) is 20.3 Å². The first kappa shape index (κ1) is 14.2. The summed E-state index contributed by atoms with van der Waals surface area (Å²) < 4.78 is 26.3. The average molecular weight is 275 g/mol. The molecule has 1 N–H and O–H groups in total. The minimum absolute atomic E-state index is 0.174. The third kappa shape index (κ3) is 3.44. The molecule has 5 nitrogen and oxygen atoms in total. The standard InChI is InChI=1S/C12H25N3O2S/c1-11-9-12(2)15(10-11)18(16,17)8-7-14-5-3-13-4-6-14/h11-13H,3-10H2,1-2H3. The van der Waals surface area contributed by atoms with Gasteiger partial charge in [0.2, 0.25) is 10.0 Å². The monoisotopic (exact) mass is 275 g/mol. The number of piperazine rings is 1. The minimum atomic E-state index is -3.07. The van der Waals surface area contributed by atoms with E-state index >= 15 is 0 Å². The molecule has 2 saturated heterocycles. The van der Waals surface area contributed by atoms with Crippen molar-refractivity contribution in [3.05, 3.63) is 0 Å². The molecule has 2 fully saturated rings. The molecule has 0 amide bonds. The van der Waals surface area contributed by atoms with E-state index in [4.69, 9.17) is 0 Å². The molecule has 106 valence electrons. The van der Waals surface area contributed by atoms with Crippen LogP contribution in [0.5, 0.6) is 0 Å². The van der Waals surface area contributed by atoms with Crippen LogP contribution < -0.4 is 5.32 Å². The lowest BCUT2D eigenvalue weighted by Crippen LogP contribution is -2.46. The zero-order chi connectivity index (χ0) is 13.2. The molecule has 0 aliphatic carbocycles. The molecule has 0 saturated carbocycles. The molecule has 18 heavy (non-hydrogen) atoms. The molecule has 2 aliphatic heterocycles. The summed E-state index contributed by atoms with van der Waals surface area (Å²) in [5.74, 6) is 0.762. The molecule has 0 aromatic carbocycles. The maximum atomic E-state index is 12.3. The summed E-state index contributed by atoms with van der Waals surface area (Å²) in [6.45, 7) is 9.37. The minimum Gasteiger partial charge on any atom is -0.314 e. The molecule has 2 atom stereocenters. The summed E-state index contributed by atoms with van der Waals surface area (Å²) in [7, 11) is -3.07. The quantitative estimate of drug-likeness (QED) is 0.782. The predicted octanol–water partition coefficient (Wildman–Crippen LogP) is -0.0483. The van der Waals surface area contributed by atoms with Crippen LogP contribution in [-0.2, 0) is 10.0 Å². The van der Waals surface area contributed by atoms with Gasteiger partial charge in [-0.2, -0.15) is 4.31 Å². The Labute approximate surface area is 111 Å². The lowest BCUT2D eigenvalue weighted by atomic mass is 10.1. The Morgan fingerprint density at radius 1 is 1.22 bits per heavy atom. The lowest BCUT2D eigenvalue weighted by molar-refractivity contribution is 0.252. The largest absolute Gasteiger partial charge is 0.314 e. The van der Waals surface area contributed by atoms with Crippen molar-refractivity contribution in [1.82, 2.24) is 14.5 Å². The van der Waals surface area contributed by atoms with Gasteiger partial charge in [-0.3, -0.25) is 4.90 Å². The van der Waals surface area contributed by atoms with Crippen LogP contribution in [0.2, 0.25) is 0 Å². The second-order valence-electron chi connectivity index (χ2n) is 5.67. The number of hydrogen-bond donors (Lipinski definition) is 1. The summed E-state index contributed by atoms with van der Waals surface area (Å²) in [5, 5.41) is 3.28. The van der Waals surface area contributed by atoms with Crippen LogP contribution in [-0.4, -0.2) is 68.7 Å². The number of rotatable bonds is 4. The van der Waals surface area contributed by atoms with Crippen molar-refractivity contribution in [3.63, 3.8) is 0 Å². The zero-order valence-electron chi connectivity index (χ0n) is 11.4. The van der Waals surface area contributed by atoms with Crippen molar-refractivity contribution < 1.29 is 8.42 Å². The molecule has 0 radical (unpaired) electrons. The first-order valence-electron chi connectivity index (χ1n) is 6.91. The van der Waals surface area contributed by atoms with Gasteiger partial charge in [0, 0.05) is 45.3 Å². The first-order valence-corrected chi connectivity index (χ1v) is 8.52. The van der Waals surface area contributed by atoms with Gasteiger partial charge in [-0.25, -0.2) is 8.42 Å². The summed E-state index contributed by atoms with van der Waals surface area (Å²) in [4.78, 5) is 2.23. The van der Waals surface area contributed by atoms with Crippen molar-refractivity contribution in [2.45, 2.75) is 26.3 Å². The van der Waals surface area contributed by atoms with E-state index < -0.39 is 10.0 Å². The second kappa shape index (κ2) is 5.86. The van der Waals surface area contributed by atoms with Gasteiger partial charge in [0.1, 0.15) is 0 Å². The molecule has 2 aliphatic rings. The van der Waals surface area contributed by atoms with E-state index in [0.29, 0.717) is 19.0 Å². The lowest BCUT2D eigenvalue weighted by Gasteiger charge is -2.28. The number of sulfonamides is 1. The molecular formula is C12H25N3O2S. The fourth-order valence-corrected chi connectivity index (χ4v) is 4.79. The number of nitrogens with one attached hydrogen (secondary N) is 1. The number of hydrogen-bond acceptors (Lipinski definition) is 4. The smallest absolute Gasteiger partial charge is 0.215 e.